The van der Waals surface area contributed by atoms with E-state index in [9.17, 15) is 14.4 Å². The lowest BCUT2D eigenvalue weighted by molar-refractivity contribution is -0.146. The van der Waals surface area contributed by atoms with Gasteiger partial charge >= 0.3 is 11.8 Å². The fraction of sp³-hybridized carbons (Fsp3) is 0.333. The first-order chi connectivity index (χ1) is 9.08. The number of carbonyl (C=O) groups excluding carboxylic acids is 3. The Morgan fingerprint density at radius 2 is 2.21 bits per heavy atom. The largest absolute Gasteiger partial charge is 0.330 e. The predicted molar refractivity (Wildman–Crippen MR) is 69.1 cm³/mol. The molecule has 1 aromatic heterocycles. The first kappa shape index (κ1) is 14.8. The highest BCUT2D eigenvalue weighted by atomic mass is 16.2. The third-order valence-electron chi connectivity index (χ3n) is 2.32. The number of pyridine rings is 1. The third kappa shape index (κ3) is 4.47. The number of rotatable bonds is 5. The zero-order chi connectivity index (χ0) is 14.3. The summed E-state index contributed by atoms with van der Waals surface area (Å²) in [6.45, 7) is 2.21. The van der Waals surface area contributed by atoms with Gasteiger partial charge in [-0.2, -0.15) is 0 Å². The summed E-state index contributed by atoms with van der Waals surface area (Å²) < 4.78 is 0. The number of hydrogen-bond acceptors (Lipinski definition) is 5. The SMILES string of the molecule is Cc1cccc(NC(=O)C(=O)N(C=O)CCCN)n1. The van der Waals surface area contributed by atoms with Gasteiger partial charge < -0.3 is 11.1 Å². The highest BCUT2D eigenvalue weighted by Crippen LogP contribution is 2.04. The monoisotopic (exact) mass is 264 g/mol. The molecule has 3 N–H and O–H groups in total. The summed E-state index contributed by atoms with van der Waals surface area (Å²) >= 11 is 0. The number of amides is 3. The molecule has 0 atom stereocenters. The van der Waals surface area contributed by atoms with E-state index in [1.165, 1.54) is 0 Å². The van der Waals surface area contributed by atoms with E-state index in [0.717, 1.165) is 4.90 Å². The highest BCUT2D eigenvalue weighted by molar-refractivity contribution is 6.40. The van der Waals surface area contributed by atoms with Gasteiger partial charge in [0.15, 0.2) is 0 Å². The average molecular weight is 264 g/mol. The molecule has 0 aliphatic heterocycles. The van der Waals surface area contributed by atoms with Gasteiger partial charge in [-0.25, -0.2) is 4.98 Å². The van der Waals surface area contributed by atoms with Crippen LogP contribution in [0, 0.1) is 6.92 Å². The van der Waals surface area contributed by atoms with Crippen LogP contribution in [0.3, 0.4) is 0 Å². The molecule has 1 heterocycles. The molecule has 0 aliphatic rings. The zero-order valence-corrected chi connectivity index (χ0v) is 10.6. The van der Waals surface area contributed by atoms with Crippen LogP contribution < -0.4 is 11.1 Å². The molecule has 0 fully saturated rings. The lowest BCUT2D eigenvalue weighted by atomic mass is 10.3. The van der Waals surface area contributed by atoms with Crippen molar-refractivity contribution in [1.29, 1.82) is 0 Å². The number of nitrogens with two attached hydrogens (primary N) is 1. The number of imide groups is 1. The van der Waals surface area contributed by atoms with Crippen LogP contribution in [-0.4, -0.2) is 41.2 Å². The Bertz CT molecular complexity index is 476. The third-order valence-corrected chi connectivity index (χ3v) is 2.32. The van der Waals surface area contributed by atoms with Crippen molar-refractivity contribution < 1.29 is 14.4 Å². The quantitative estimate of drug-likeness (QED) is 0.559. The molecular weight excluding hydrogens is 248 g/mol. The van der Waals surface area contributed by atoms with Gasteiger partial charge in [-0.05, 0) is 32.0 Å². The summed E-state index contributed by atoms with van der Waals surface area (Å²) in [6.07, 6.45) is 0.766. The topological polar surface area (TPSA) is 105 Å². The number of hydrogen-bond donors (Lipinski definition) is 2. The van der Waals surface area contributed by atoms with Gasteiger partial charge in [0.2, 0.25) is 6.41 Å². The lowest BCUT2D eigenvalue weighted by Crippen LogP contribution is -2.40. The Kier molecular flexibility index (Phi) is 5.62. The van der Waals surface area contributed by atoms with Gasteiger partial charge in [0.25, 0.3) is 0 Å². The van der Waals surface area contributed by atoms with Crippen molar-refractivity contribution in [2.24, 2.45) is 5.73 Å². The van der Waals surface area contributed by atoms with Gasteiger partial charge in [0.05, 0.1) is 0 Å². The van der Waals surface area contributed by atoms with Gasteiger partial charge in [-0.15, -0.1) is 0 Å². The number of anilines is 1. The Labute approximate surface area is 110 Å². The lowest BCUT2D eigenvalue weighted by Gasteiger charge is -2.14. The van der Waals surface area contributed by atoms with E-state index in [1.54, 1.807) is 25.1 Å². The van der Waals surface area contributed by atoms with Crippen molar-refractivity contribution in [3.63, 3.8) is 0 Å². The predicted octanol–water partition coefficient (Wildman–Crippen LogP) is -0.338. The normalized spacial score (nSPS) is 9.79. The Hall–Kier alpha value is -2.28. The molecule has 7 nitrogen and oxygen atoms in total. The van der Waals surface area contributed by atoms with Crippen molar-refractivity contribution in [1.82, 2.24) is 9.88 Å². The Morgan fingerprint density at radius 3 is 2.79 bits per heavy atom. The van der Waals surface area contributed by atoms with Gasteiger partial charge in [0, 0.05) is 12.2 Å². The van der Waals surface area contributed by atoms with Crippen LogP contribution in [0.5, 0.6) is 0 Å². The van der Waals surface area contributed by atoms with Crippen molar-refractivity contribution in [2.75, 3.05) is 18.4 Å². The molecule has 0 aromatic carbocycles. The van der Waals surface area contributed by atoms with E-state index in [1.807, 2.05) is 0 Å². The van der Waals surface area contributed by atoms with Crippen LogP contribution in [0.15, 0.2) is 18.2 Å². The number of aryl methyl sites for hydroxylation is 1. The van der Waals surface area contributed by atoms with Crippen LogP contribution in [0.4, 0.5) is 5.82 Å². The Balaban J connectivity index is 2.66. The van der Waals surface area contributed by atoms with E-state index in [2.05, 4.69) is 10.3 Å². The van der Waals surface area contributed by atoms with E-state index in [4.69, 9.17) is 5.73 Å². The number of aromatic nitrogens is 1. The van der Waals surface area contributed by atoms with Gasteiger partial charge in [0.1, 0.15) is 5.82 Å². The second-order valence-corrected chi connectivity index (χ2v) is 3.86. The molecule has 1 aromatic rings. The van der Waals surface area contributed by atoms with Crippen LogP contribution in [0.1, 0.15) is 12.1 Å². The van der Waals surface area contributed by atoms with Gasteiger partial charge in [-0.3, -0.25) is 19.3 Å². The molecule has 102 valence electrons. The second-order valence-electron chi connectivity index (χ2n) is 3.86. The van der Waals surface area contributed by atoms with Crippen LogP contribution in [0.25, 0.3) is 0 Å². The molecule has 0 saturated heterocycles. The minimum atomic E-state index is -0.924. The summed E-state index contributed by atoms with van der Waals surface area (Å²) in [4.78, 5) is 38.9. The summed E-state index contributed by atoms with van der Waals surface area (Å²) in [7, 11) is 0. The first-order valence-corrected chi connectivity index (χ1v) is 5.79. The standard InChI is InChI=1S/C12H16N4O3/c1-9-4-2-5-10(14-9)15-11(18)12(19)16(8-17)7-3-6-13/h2,4-5,8H,3,6-7,13H2,1H3,(H,14,15,18). The van der Waals surface area contributed by atoms with Gasteiger partial charge in [-0.1, -0.05) is 6.07 Å². The van der Waals surface area contributed by atoms with Crippen molar-refractivity contribution in [2.45, 2.75) is 13.3 Å². The molecule has 0 radical (unpaired) electrons. The summed E-state index contributed by atoms with van der Waals surface area (Å²) in [6, 6.07) is 5.02. The summed E-state index contributed by atoms with van der Waals surface area (Å²) in [5.41, 5.74) is 5.99. The maximum atomic E-state index is 11.7. The molecule has 0 bridgehead atoms. The van der Waals surface area contributed by atoms with E-state index >= 15 is 0 Å². The summed E-state index contributed by atoms with van der Waals surface area (Å²) in [5, 5.41) is 2.34. The van der Waals surface area contributed by atoms with Crippen molar-refractivity contribution in [3.8, 4) is 0 Å². The molecule has 0 spiro atoms. The average Bonchev–Trinajstić information content (AvgIpc) is 2.39. The van der Waals surface area contributed by atoms with Crippen molar-refractivity contribution in [3.05, 3.63) is 23.9 Å². The van der Waals surface area contributed by atoms with Crippen LogP contribution >= 0.6 is 0 Å². The van der Waals surface area contributed by atoms with Crippen LogP contribution in [-0.2, 0) is 14.4 Å². The molecular formula is C12H16N4O3. The smallest absolute Gasteiger partial charge is 0.318 e. The fourth-order valence-corrected chi connectivity index (χ4v) is 1.38. The Morgan fingerprint density at radius 1 is 1.47 bits per heavy atom. The molecule has 3 amide bonds. The second kappa shape index (κ2) is 7.22. The molecule has 1 rings (SSSR count). The number of nitrogens with zero attached hydrogens (tertiary/aromatic N) is 2. The highest BCUT2D eigenvalue weighted by Gasteiger charge is 2.21. The molecule has 0 aliphatic carbocycles. The van der Waals surface area contributed by atoms with Crippen molar-refractivity contribution >= 4 is 24.0 Å². The first-order valence-electron chi connectivity index (χ1n) is 5.79. The van der Waals surface area contributed by atoms with E-state index < -0.39 is 11.8 Å². The maximum absolute atomic E-state index is 11.7. The minimum absolute atomic E-state index is 0.119. The van der Waals surface area contributed by atoms with E-state index in [-0.39, 0.29) is 12.4 Å². The minimum Gasteiger partial charge on any atom is -0.330 e. The fourth-order valence-electron chi connectivity index (χ4n) is 1.38. The molecule has 19 heavy (non-hydrogen) atoms. The zero-order valence-electron chi connectivity index (χ0n) is 10.6. The number of nitrogens with one attached hydrogen (secondary N) is 1. The van der Waals surface area contributed by atoms with Crippen LogP contribution in [0.2, 0.25) is 0 Å². The van der Waals surface area contributed by atoms with E-state index in [0.29, 0.717) is 25.1 Å². The number of carbonyl (C=O) groups is 3. The molecule has 7 heteroatoms. The molecule has 0 saturated carbocycles. The summed E-state index contributed by atoms with van der Waals surface area (Å²) in [5.74, 6) is -1.56. The molecule has 0 unspecified atom stereocenters. The maximum Gasteiger partial charge on any atom is 0.318 e.